The first-order valence-electron chi connectivity index (χ1n) is 10.6. The van der Waals surface area contributed by atoms with Gasteiger partial charge in [0.15, 0.2) is 0 Å². The minimum Gasteiger partial charge on any atom is -0.454 e. The molecule has 0 aromatic heterocycles. The summed E-state index contributed by atoms with van der Waals surface area (Å²) in [6.07, 6.45) is 0. The third-order valence-corrected chi connectivity index (χ3v) is 6.67. The maximum absolute atomic E-state index is 14.0. The second-order valence-corrected chi connectivity index (χ2v) is 9.09. The Hall–Kier alpha value is -3.75. The molecule has 2 N–H and O–H groups in total. The van der Waals surface area contributed by atoms with Crippen molar-refractivity contribution in [3.8, 4) is 5.75 Å². The van der Waals surface area contributed by atoms with Crippen LogP contribution in [0.5, 0.6) is 5.75 Å². The van der Waals surface area contributed by atoms with Crippen molar-refractivity contribution >= 4 is 29.0 Å². The van der Waals surface area contributed by atoms with Crippen molar-refractivity contribution in [2.75, 3.05) is 0 Å². The SMILES string of the molecule is CC(C)c1ccc2c(c1)OC1(O)c3cccc([N+](=O)[O-])c3C(=O)C21NC(=O)c1ccc(Cl)cc1. The Morgan fingerprint density at radius 1 is 1.12 bits per heavy atom. The van der Waals surface area contributed by atoms with Crippen LogP contribution in [-0.2, 0) is 11.3 Å². The van der Waals surface area contributed by atoms with Crippen molar-refractivity contribution < 1.29 is 24.4 Å². The summed E-state index contributed by atoms with van der Waals surface area (Å²) in [5.41, 5.74) is -1.68. The van der Waals surface area contributed by atoms with E-state index in [1.165, 1.54) is 42.5 Å². The number of fused-ring (bicyclic) bond motifs is 5. The van der Waals surface area contributed by atoms with Gasteiger partial charge in [-0.05, 0) is 41.8 Å². The van der Waals surface area contributed by atoms with Gasteiger partial charge in [-0.1, -0.05) is 49.7 Å². The van der Waals surface area contributed by atoms with E-state index in [2.05, 4.69) is 5.32 Å². The highest BCUT2D eigenvalue weighted by molar-refractivity contribution is 6.30. The second kappa shape index (κ2) is 7.38. The highest BCUT2D eigenvalue weighted by Crippen LogP contribution is 2.59. The van der Waals surface area contributed by atoms with E-state index in [1.807, 2.05) is 13.8 Å². The van der Waals surface area contributed by atoms with E-state index in [9.17, 15) is 24.8 Å². The Bertz CT molecular complexity index is 1390. The van der Waals surface area contributed by atoms with E-state index in [1.54, 1.807) is 18.2 Å². The molecule has 5 rings (SSSR count). The number of amides is 1. The van der Waals surface area contributed by atoms with Crippen LogP contribution in [0.25, 0.3) is 0 Å². The van der Waals surface area contributed by atoms with Crippen LogP contribution in [-0.4, -0.2) is 21.7 Å². The Kier molecular flexibility index (Phi) is 4.79. The van der Waals surface area contributed by atoms with Gasteiger partial charge in [-0.15, -0.1) is 0 Å². The molecule has 8 nitrogen and oxygen atoms in total. The van der Waals surface area contributed by atoms with Gasteiger partial charge in [0.25, 0.3) is 17.4 Å². The van der Waals surface area contributed by atoms with Gasteiger partial charge < -0.3 is 15.2 Å². The lowest BCUT2D eigenvalue weighted by Crippen LogP contribution is -2.60. The smallest absolute Gasteiger partial charge is 0.280 e. The van der Waals surface area contributed by atoms with Crippen molar-refractivity contribution in [1.82, 2.24) is 5.32 Å². The molecular formula is C25H19ClN2O6. The Balaban J connectivity index is 1.74. The summed E-state index contributed by atoms with van der Waals surface area (Å²) in [6, 6.07) is 15.0. The van der Waals surface area contributed by atoms with Gasteiger partial charge in [0.1, 0.15) is 11.3 Å². The summed E-state index contributed by atoms with van der Waals surface area (Å²) in [7, 11) is 0. The molecule has 2 atom stereocenters. The van der Waals surface area contributed by atoms with E-state index < -0.39 is 33.6 Å². The highest BCUT2D eigenvalue weighted by atomic mass is 35.5. The number of ketones is 1. The minimum absolute atomic E-state index is 0.0783. The molecule has 1 amide bonds. The minimum atomic E-state index is -2.38. The fraction of sp³-hybridized carbons (Fsp3) is 0.200. The van der Waals surface area contributed by atoms with Crippen LogP contribution in [0.2, 0.25) is 5.02 Å². The van der Waals surface area contributed by atoms with Gasteiger partial charge in [0, 0.05) is 27.8 Å². The topological polar surface area (TPSA) is 119 Å². The third-order valence-electron chi connectivity index (χ3n) is 6.42. The van der Waals surface area contributed by atoms with Crippen LogP contribution in [0.4, 0.5) is 5.69 Å². The molecule has 0 bridgehead atoms. The average Bonchev–Trinajstić information content (AvgIpc) is 3.16. The summed E-state index contributed by atoms with van der Waals surface area (Å²) in [5.74, 6) is -3.53. The van der Waals surface area contributed by atoms with Gasteiger partial charge in [0.2, 0.25) is 11.3 Å². The number of nitrogens with one attached hydrogen (secondary N) is 1. The number of nitrogens with zero attached hydrogens (tertiary/aromatic N) is 1. The Labute approximate surface area is 199 Å². The molecular weight excluding hydrogens is 460 g/mol. The maximum Gasteiger partial charge on any atom is 0.280 e. The summed E-state index contributed by atoms with van der Waals surface area (Å²) in [4.78, 5) is 38.2. The lowest BCUT2D eigenvalue weighted by Gasteiger charge is -2.34. The first-order chi connectivity index (χ1) is 16.1. The van der Waals surface area contributed by atoms with Crippen molar-refractivity contribution in [1.29, 1.82) is 0 Å². The van der Waals surface area contributed by atoms with Crippen LogP contribution < -0.4 is 10.1 Å². The zero-order valence-electron chi connectivity index (χ0n) is 18.2. The highest BCUT2D eigenvalue weighted by Gasteiger charge is 2.73. The average molecular weight is 479 g/mol. The van der Waals surface area contributed by atoms with E-state index in [4.69, 9.17) is 16.3 Å². The first-order valence-corrected chi connectivity index (χ1v) is 10.9. The van der Waals surface area contributed by atoms with Gasteiger partial charge in [-0.25, -0.2) is 0 Å². The normalized spacial score (nSPS) is 22.1. The van der Waals surface area contributed by atoms with E-state index in [0.29, 0.717) is 5.02 Å². The number of nitro groups is 1. The number of halogens is 1. The maximum atomic E-state index is 14.0. The number of ether oxygens (including phenoxy) is 1. The van der Waals surface area contributed by atoms with Crippen LogP contribution in [0, 0.1) is 10.1 Å². The van der Waals surface area contributed by atoms with Gasteiger partial charge >= 0.3 is 0 Å². The zero-order chi connectivity index (χ0) is 24.4. The molecule has 172 valence electrons. The molecule has 0 fully saturated rings. The molecule has 1 aliphatic carbocycles. The predicted molar refractivity (Wildman–Crippen MR) is 123 cm³/mol. The molecule has 2 unspecified atom stereocenters. The molecule has 9 heteroatoms. The fourth-order valence-corrected chi connectivity index (χ4v) is 4.82. The summed E-state index contributed by atoms with van der Waals surface area (Å²) in [5, 5.41) is 26.7. The first kappa shape index (κ1) is 22.1. The molecule has 0 saturated carbocycles. The lowest BCUT2D eigenvalue weighted by molar-refractivity contribution is -0.385. The Morgan fingerprint density at radius 2 is 1.82 bits per heavy atom. The van der Waals surface area contributed by atoms with E-state index in [0.717, 1.165) is 5.56 Å². The molecule has 3 aromatic rings. The summed E-state index contributed by atoms with van der Waals surface area (Å²) < 4.78 is 5.98. The largest absolute Gasteiger partial charge is 0.454 e. The van der Waals surface area contributed by atoms with Gasteiger partial charge in [-0.2, -0.15) is 0 Å². The van der Waals surface area contributed by atoms with Crippen LogP contribution >= 0.6 is 11.6 Å². The number of carbonyl (C=O) groups excluding carboxylic acids is 2. The molecule has 0 saturated heterocycles. The van der Waals surface area contributed by atoms with Crippen LogP contribution in [0.3, 0.4) is 0 Å². The van der Waals surface area contributed by atoms with Crippen molar-refractivity contribution in [3.05, 3.63) is 104 Å². The monoisotopic (exact) mass is 478 g/mol. The number of benzene rings is 3. The van der Waals surface area contributed by atoms with Crippen molar-refractivity contribution in [2.45, 2.75) is 31.1 Å². The van der Waals surface area contributed by atoms with Gasteiger partial charge in [0.05, 0.1) is 4.92 Å². The number of Topliss-reactive ketones (excluding diaryl/α,β-unsaturated/α-hetero) is 1. The number of rotatable bonds is 4. The van der Waals surface area contributed by atoms with Crippen molar-refractivity contribution in [2.24, 2.45) is 0 Å². The number of carbonyl (C=O) groups is 2. The van der Waals surface area contributed by atoms with Gasteiger partial charge in [-0.3, -0.25) is 19.7 Å². The van der Waals surface area contributed by atoms with E-state index >= 15 is 0 Å². The quantitative estimate of drug-likeness (QED) is 0.423. The molecule has 1 aliphatic heterocycles. The standard InChI is InChI=1S/C25H19ClN2O6/c1-13(2)15-8-11-17-20(12-15)34-25(31)18-4-3-5-19(28(32)33)21(18)22(29)24(17,25)27-23(30)14-6-9-16(26)10-7-14/h3-13,31H,1-2H3,(H,27,30). The number of aliphatic hydroxyl groups is 1. The third kappa shape index (κ3) is 2.82. The van der Waals surface area contributed by atoms with Crippen LogP contribution in [0.15, 0.2) is 60.7 Å². The Morgan fingerprint density at radius 3 is 2.47 bits per heavy atom. The van der Waals surface area contributed by atoms with Crippen LogP contribution in [0.1, 0.15) is 57.2 Å². The zero-order valence-corrected chi connectivity index (χ0v) is 18.9. The van der Waals surface area contributed by atoms with Crippen molar-refractivity contribution in [3.63, 3.8) is 0 Å². The molecule has 0 spiro atoms. The fourth-order valence-electron chi connectivity index (χ4n) is 4.70. The number of nitro benzene ring substituents is 1. The summed E-state index contributed by atoms with van der Waals surface area (Å²) in [6.45, 7) is 3.96. The molecule has 34 heavy (non-hydrogen) atoms. The molecule has 3 aromatic carbocycles. The summed E-state index contributed by atoms with van der Waals surface area (Å²) >= 11 is 5.93. The number of hydrogen-bond acceptors (Lipinski definition) is 6. The predicted octanol–water partition coefficient (Wildman–Crippen LogP) is 4.43. The lowest BCUT2D eigenvalue weighted by atomic mass is 9.82. The second-order valence-electron chi connectivity index (χ2n) is 8.65. The molecule has 0 radical (unpaired) electrons. The number of hydrogen-bond donors (Lipinski definition) is 2. The molecule has 2 aliphatic rings. The molecule has 1 heterocycles. The van der Waals surface area contributed by atoms with E-state index in [-0.39, 0.29) is 33.9 Å².